The Morgan fingerprint density at radius 3 is 2.81 bits per heavy atom. The predicted octanol–water partition coefficient (Wildman–Crippen LogP) is 0.209. The van der Waals surface area contributed by atoms with Gasteiger partial charge in [0.25, 0.3) is 0 Å². The minimum absolute atomic E-state index is 0.0770. The predicted molar refractivity (Wildman–Crippen MR) is 63.0 cm³/mol. The summed E-state index contributed by atoms with van der Waals surface area (Å²) in [5, 5.41) is 11.4. The van der Waals surface area contributed by atoms with Crippen molar-refractivity contribution >= 4 is 5.84 Å². The second-order valence-electron chi connectivity index (χ2n) is 3.98. The summed E-state index contributed by atoms with van der Waals surface area (Å²) in [5.74, 6) is 1.24. The third-order valence-corrected chi connectivity index (χ3v) is 2.68. The molecule has 0 aliphatic heterocycles. The van der Waals surface area contributed by atoms with E-state index in [0.717, 1.165) is 25.5 Å². The Kier molecular flexibility index (Phi) is 4.42. The summed E-state index contributed by atoms with van der Waals surface area (Å²) >= 11 is 0. The van der Waals surface area contributed by atoms with Gasteiger partial charge >= 0.3 is 0 Å². The van der Waals surface area contributed by atoms with E-state index >= 15 is 0 Å². The smallest absolute Gasteiger partial charge is 0.140 e. The molecule has 1 aromatic rings. The molecule has 90 valence electrons. The molecule has 6 nitrogen and oxygen atoms in total. The standard InChI is InChI=1S/C10H20N6/c1-4-16(5-8(2)10(11)12)6-9-13-7-14-15(9)3/h7-8H,4-6H2,1-3H3,(H3,11,12). The minimum atomic E-state index is 0.0770. The summed E-state index contributed by atoms with van der Waals surface area (Å²) < 4.78 is 1.76. The van der Waals surface area contributed by atoms with Crippen molar-refractivity contribution in [2.45, 2.75) is 20.4 Å². The van der Waals surface area contributed by atoms with Gasteiger partial charge in [0.2, 0.25) is 0 Å². The Morgan fingerprint density at radius 1 is 1.69 bits per heavy atom. The largest absolute Gasteiger partial charge is 0.387 e. The van der Waals surface area contributed by atoms with Crippen LogP contribution in [-0.4, -0.2) is 38.6 Å². The molecule has 3 N–H and O–H groups in total. The molecule has 0 saturated carbocycles. The first-order valence-corrected chi connectivity index (χ1v) is 5.43. The zero-order valence-corrected chi connectivity index (χ0v) is 10.1. The Bertz CT molecular complexity index is 345. The van der Waals surface area contributed by atoms with Crippen molar-refractivity contribution in [2.24, 2.45) is 18.7 Å². The van der Waals surface area contributed by atoms with Crippen LogP contribution in [0.1, 0.15) is 19.7 Å². The lowest BCUT2D eigenvalue weighted by molar-refractivity contribution is 0.253. The molecular weight excluding hydrogens is 204 g/mol. The average Bonchev–Trinajstić information content (AvgIpc) is 2.63. The molecule has 0 aliphatic rings. The number of aryl methyl sites for hydroxylation is 1. The zero-order valence-electron chi connectivity index (χ0n) is 10.1. The molecule has 0 aromatic carbocycles. The van der Waals surface area contributed by atoms with Crippen LogP contribution in [0.15, 0.2) is 6.33 Å². The first-order valence-electron chi connectivity index (χ1n) is 5.43. The van der Waals surface area contributed by atoms with E-state index in [-0.39, 0.29) is 11.8 Å². The maximum absolute atomic E-state index is 7.38. The van der Waals surface area contributed by atoms with Crippen LogP contribution >= 0.6 is 0 Å². The maximum Gasteiger partial charge on any atom is 0.140 e. The van der Waals surface area contributed by atoms with Gasteiger partial charge in [-0.1, -0.05) is 13.8 Å². The second-order valence-corrected chi connectivity index (χ2v) is 3.98. The number of nitrogens with zero attached hydrogens (tertiary/aromatic N) is 4. The lowest BCUT2D eigenvalue weighted by Crippen LogP contribution is -2.34. The molecule has 0 fully saturated rings. The van der Waals surface area contributed by atoms with E-state index < -0.39 is 0 Å². The molecule has 0 saturated heterocycles. The van der Waals surface area contributed by atoms with E-state index in [1.807, 2.05) is 14.0 Å². The minimum Gasteiger partial charge on any atom is -0.387 e. The van der Waals surface area contributed by atoms with Gasteiger partial charge in [-0.05, 0) is 6.54 Å². The molecule has 6 heteroatoms. The highest BCUT2D eigenvalue weighted by Gasteiger charge is 2.13. The summed E-state index contributed by atoms with van der Waals surface area (Å²) in [5.41, 5.74) is 5.47. The van der Waals surface area contributed by atoms with Crippen LogP contribution in [0.25, 0.3) is 0 Å². The number of rotatable bonds is 6. The normalized spacial score (nSPS) is 13.0. The number of aromatic nitrogens is 3. The number of nitrogens with one attached hydrogen (secondary N) is 1. The molecule has 16 heavy (non-hydrogen) atoms. The summed E-state index contributed by atoms with van der Waals surface area (Å²) in [6.07, 6.45) is 1.55. The van der Waals surface area contributed by atoms with Crippen LogP contribution in [0.2, 0.25) is 0 Å². The first-order chi connectivity index (χ1) is 7.54. The van der Waals surface area contributed by atoms with Crippen molar-refractivity contribution in [3.63, 3.8) is 0 Å². The van der Waals surface area contributed by atoms with Gasteiger partial charge in [-0.25, -0.2) is 4.98 Å². The molecule has 0 radical (unpaired) electrons. The third-order valence-electron chi connectivity index (χ3n) is 2.68. The highest BCUT2D eigenvalue weighted by atomic mass is 15.3. The molecule has 1 aromatic heterocycles. The van der Waals surface area contributed by atoms with Crippen LogP contribution in [0, 0.1) is 11.3 Å². The van der Waals surface area contributed by atoms with Crippen LogP contribution in [-0.2, 0) is 13.6 Å². The molecular formula is C10H20N6. The van der Waals surface area contributed by atoms with Crippen LogP contribution in [0.3, 0.4) is 0 Å². The van der Waals surface area contributed by atoms with E-state index in [2.05, 4.69) is 21.9 Å². The van der Waals surface area contributed by atoms with Gasteiger partial charge in [-0.3, -0.25) is 15.0 Å². The summed E-state index contributed by atoms with van der Waals surface area (Å²) in [4.78, 5) is 6.39. The number of hydrogen-bond donors (Lipinski definition) is 2. The molecule has 0 amide bonds. The van der Waals surface area contributed by atoms with Gasteiger partial charge in [0.1, 0.15) is 12.2 Å². The van der Waals surface area contributed by atoms with Crippen molar-refractivity contribution in [1.82, 2.24) is 19.7 Å². The zero-order chi connectivity index (χ0) is 12.1. The van der Waals surface area contributed by atoms with Gasteiger partial charge < -0.3 is 5.73 Å². The van der Waals surface area contributed by atoms with Crippen LogP contribution < -0.4 is 5.73 Å². The number of nitrogens with two attached hydrogens (primary N) is 1. The Hall–Kier alpha value is -1.43. The fraction of sp³-hybridized carbons (Fsp3) is 0.700. The van der Waals surface area contributed by atoms with Crippen LogP contribution in [0.5, 0.6) is 0 Å². The lowest BCUT2D eigenvalue weighted by Gasteiger charge is -2.22. The number of amidine groups is 1. The third kappa shape index (κ3) is 3.30. The van der Waals surface area contributed by atoms with E-state index in [1.54, 1.807) is 11.0 Å². The van der Waals surface area contributed by atoms with Crippen molar-refractivity contribution < 1.29 is 0 Å². The second kappa shape index (κ2) is 5.60. The molecule has 0 spiro atoms. The maximum atomic E-state index is 7.38. The fourth-order valence-corrected chi connectivity index (χ4v) is 1.45. The van der Waals surface area contributed by atoms with E-state index in [0.29, 0.717) is 0 Å². The highest BCUT2D eigenvalue weighted by Crippen LogP contribution is 2.04. The van der Waals surface area contributed by atoms with Gasteiger partial charge in [0.15, 0.2) is 0 Å². The number of hydrogen-bond acceptors (Lipinski definition) is 4. The summed E-state index contributed by atoms with van der Waals surface area (Å²) in [6, 6.07) is 0. The SMILES string of the molecule is CCN(Cc1ncnn1C)CC(C)C(=N)N. The van der Waals surface area contributed by atoms with E-state index in [1.165, 1.54) is 0 Å². The van der Waals surface area contributed by atoms with Crippen molar-refractivity contribution in [3.8, 4) is 0 Å². The van der Waals surface area contributed by atoms with Gasteiger partial charge in [0, 0.05) is 19.5 Å². The molecule has 0 bridgehead atoms. The van der Waals surface area contributed by atoms with Crippen molar-refractivity contribution in [1.29, 1.82) is 5.41 Å². The van der Waals surface area contributed by atoms with E-state index in [4.69, 9.17) is 11.1 Å². The summed E-state index contributed by atoms with van der Waals surface area (Å²) in [6.45, 7) is 6.47. The van der Waals surface area contributed by atoms with Gasteiger partial charge in [-0.15, -0.1) is 0 Å². The molecule has 1 atom stereocenters. The summed E-state index contributed by atoms with van der Waals surface area (Å²) in [7, 11) is 1.88. The molecule has 1 heterocycles. The van der Waals surface area contributed by atoms with Crippen LogP contribution in [0.4, 0.5) is 0 Å². The monoisotopic (exact) mass is 224 g/mol. The first kappa shape index (κ1) is 12.6. The molecule has 1 unspecified atom stereocenters. The fourth-order valence-electron chi connectivity index (χ4n) is 1.45. The van der Waals surface area contributed by atoms with Crippen molar-refractivity contribution in [3.05, 3.63) is 12.2 Å². The highest BCUT2D eigenvalue weighted by molar-refractivity contribution is 5.79. The lowest BCUT2D eigenvalue weighted by atomic mass is 10.1. The Morgan fingerprint density at radius 2 is 2.38 bits per heavy atom. The quantitative estimate of drug-likeness (QED) is 0.534. The van der Waals surface area contributed by atoms with Gasteiger partial charge in [-0.2, -0.15) is 5.10 Å². The van der Waals surface area contributed by atoms with Crippen molar-refractivity contribution in [2.75, 3.05) is 13.1 Å². The Balaban J connectivity index is 2.56. The average molecular weight is 224 g/mol. The molecule has 1 rings (SSSR count). The van der Waals surface area contributed by atoms with E-state index in [9.17, 15) is 0 Å². The topological polar surface area (TPSA) is 83.8 Å². The molecule has 0 aliphatic carbocycles. The Labute approximate surface area is 96.0 Å². The van der Waals surface area contributed by atoms with Gasteiger partial charge in [0.05, 0.1) is 12.4 Å².